The Morgan fingerprint density at radius 2 is 0.956 bits per heavy atom. The zero-order valence-corrected chi connectivity index (χ0v) is 41.6. The maximum Gasteiger partial charge on any atom is 0.472 e. The number of aliphatic hydroxyl groups is 5. The third kappa shape index (κ3) is 32.6. The Bertz CT molecular complexity index is 1700. The van der Waals surface area contributed by atoms with Crippen molar-refractivity contribution in [3.8, 4) is 0 Å². The number of carbonyl (C=O) groups excluding carboxylic acids is 2. The van der Waals surface area contributed by atoms with Crippen LogP contribution in [0.1, 0.15) is 136 Å². The second-order valence-electron chi connectivity index (χ2n) is 16.3. The van der Waals surface area contributed by atoms with Gasteiger partial charge >= 0.3 is 27.6 Å². The number of phosphoric acid groups is 2. The molecule has 8 N–H and O–H groups in total. The first kappa shape index (κ1) is 62.9. The number of unbranched alkanes of at least 4 members (excludes halogenated alkanes) is 5. The molecule has 1 rings (SSSR count). The lowest BCUT2D eigenvalue weighted by molar-refractivity contribution is -0.216. The van der Waals surface area contributed by atoms with Gasteiger partial charge < -0.3 is 49.7 Å². The molecule has 1 aliphatic rings. The normalized spacial score (nSPS) is 22.6. The predicted molar refractivity (Wildman–Crippen MR) is 261 cm³/mol. The van der Waals surface area contributed by atoms with E-state index in [4.69, 9.17) is 18.5 Å². The van der Waals surface area contributed by atoms with E-state index >= 15 is 0 Å². The van der Waals surface area contributed by atoms with Crippen molar-refractivity contribution in [1.29, 1.82) is 0 Å². The van der Waals surface area contributed by atoms with Crippen molar-refractivity contribution in [2.45, 2.75) is 185 Å². The van der Waals surface area contributed by atoms with Gasteiger partial charge in [-0.3, -0.25) is 23.2 Å². The number of carbonyl (C=O) groups is 2. The number of esters is 2. The highest BCUT2D eigenvalue weighted by molar-refractivity contribution is 7.47. The van der Waals surface area contributed by atoms with Gasteiger partial charge in [0.15, 0.2) is 6.10 Å². The number of hydrogen-bond acceptors (Lipinski definition) is 14. The van der Waals surface area contributed by atoms with E-state index in [1.165, 1.54) is 19.3 Å². The van der Waals surface area contributed by atoms with E-state index in [1.807, 2.05) is 43.4 Å². The molecule has 1 aliphatic carbocycles. The fourth-order valence-corrected chi connectivity index (χ4v) is 7.94. The zero-order valence-electron chi connectivity index (χ0n) is 39.9. The van der Waals surface area contributed by atoms with E-state index in [0.717, 1.165) is 57.8 Å². The maximum absolute atomic E-state index is 13.0. The number of aliphatic hydroxyl groups excluding tert-OH is 5. The van der Waals surface area contributed by atoms with Crippen LogP contribution < -0.4 is 0 Å². The average molecular weight is 1000 g/mol. The second-order valence-corrected chi connectivity index (χ2v) is 18.9. The highest BCUT2D eigenvalue weighted by Crippen LogP contribution is 2.49. The fraction of sp³-hybridized carbons (Fsp3) is 0.633. The minimum Gasteiger partial charge on any atom is -0.462 e. The first-order valence-corrected chi connectivity index (χ1v) is 26.9. The summed E-state index contributed by atoms with van der Waals surface area (Å²) in [5.41, 5.74) is 0. The van der Waals surface area contributed by atoms with Crippen molar-refractivity contribution in [2.24, 2.45) is 0 Å². The van der Waals surface area contributed by atoms with Gasteiger partial charge in [-0.15, -0.1) is 0 Å². The summed E-state index contributed by atoms with van der Waals surface area (Å²) in [5, 5.41) is 50.8. The van der Waals surface area contributed by atoms with Gasteiger partial charge in [-0.25, -0.2) is 9.13 Å². The highest BCUT2D eigenvalue weighted by atomic mass is 31.2. The largest absolute Gasteiger partial charge is 0.472 e. The standard InChI is InChI=1S/C49H80O17P2/c1-3-5-6-7-8-9-10-11-12-13-14-19-22-25-28-31-34-37-43(52)64-41(39-63-68(60,61)66-49-46(55)44(53)45(54)48(47(49)56)65-67(57,58)59)38-62-42(51)36-33-30-27-24-21-18-16-15-17-20-23-26-29-32-35-40(50)4-2/h8-9,11-12,14,16-20,24-29,40-41,44-50,53-56H,3-7,10,13,15,21-23,30-39H2,1-2H3,(H,60,61)(H2,57,58,59)/b9-8-,12-11-,18-16-,19-14-,20-17-,27-24-,28-25-,29-26-/t40-,41+,44?,45?,46?,47?,48+,49-/m0/s1. The summed E-state index contributed by atoms with van der Waals surface area (Å²) in [6.45, 7) is 2.70. The van der Waals surface area contributed by atoms with Crippen LogP contribution in [0.5, 0.6) is 0 Å². The molecule has 0 aromatic rings. The van der Waals surface area contributed by atoms with Crippen molar-refractivity contribution in [3.05, 3.63) is 97.2 Å². The first-order chi connectivity index (χ1) is 32.5. The van der Waals surface area contributed by atoms with Crippen LogP contribution in [-0.2, 0) is 41.8 Å². The van der Waals surface area contributed by atoms with Gasteiger partial charge in [-0.2, -0.15) is 0 Å². The lowest BCUT2D eigenvalue weighted by atomic mass is 9.85. The summed E-state index contributed by atoms with van der Waals surface area (Å²) in [5.74, 6) is -1.37. The zero-order chi connectivity index (χ0) is 50.5. The molecule has 1 saturated carbocycles. The molecule has 19 heteroatoms. The summed E-state index contributed by atoms with van der Waals surface area (Å²) in [6.07, 6.45) is 31.7. The van der Waals surface area contributed by atoms with Crippen LogP contribution in [0, 0.1) is 0 Å². The van der Waals surface area contributed by atoms with Crippen molar-refractivity contribution in [1.82, 2.24) is 0 Å². The molecule has 17 nitrogen and oxygen atoms in total. The van der Waals surface area contributed by atoms with Crippen LogP contribution in [0.4, 0.5) is 0 Å². The molecule has 5 unspecified atom stereocenters. The Kier molecular flexibility index (Phi) is 35.7. The van der Waals surface area contributed by atoms with E-state index in [0.29, 0.717) is 32.1 Å². The Morgan fingerprint density at radius 1 is 0.529 bits per heavy atom. The van der Waals surface area contributed by atoms with Crippen LogP contribution >= 0.6 is 15.6 Å². The number of allylic oxidation sites excluding steroid dienone is 16. The summed E-state index contributed by atoms with van der Waals surface area (Å²) in [6, 6.07) is 0. The number of ether oxygens (including phenoxy) is 2. The van der Waals surface area contributed by atoms with E-state index < -0.39 is 83.5 Å². The first-order valence-electron chi connectivity index (χ1n) is 23.9. The van der Waals surface area contributed by atoms with Crippen LogP contribution in [0.2, 0.25) is 0 Å². The smallest absolute Gasteiger partial charge is 0.462 e. The van der Waals surface area contributed by atoms with Gasteiger partial charge in [-0.05, 0) is 96.3 Å². The van der Waals surface area contributed by atoms with Crippen LogP contribution in [-0.4, -0.2) is 114 Å². The number of hydrogen-bond donors (Lipinski definition) is 8. The molecule has 0 saturated heterocycles. The Morgan fingerprint density at radius 3 is 1.41 bits per heavy atom. The molecule has 0 aromatic heterocycles. The lowest BCUT2D eigenvalue weighted by Gasteiger charge is -2.43. The van der Waals surface area contributed by atoms with E-state index in [9.17, 15) is 58.9 Å². The lowest BCUT2D eigenvalue weighted by Crippen LogP contribution is -2.64. The number of rotatable bonds is 38. The van der Waals surface area contributed by atoms with Crippen LogP contribution in [0.3, 0.4) is 0 Å². The van der Waals surface area contributed by atoms with E-state index in [2.05, 4.69) is 72.2 Å². The minimum absolute atomic E-state index is 0.0142. The molecule has 0 spiro atoms. The average Bonchev–Trinajstić information content (AvgIpc) is 3.29. The summed E-state index contributed by atoms with van der Waals surface area (Å²) in [7, 11) is -10.7. The molecule has 0 bridgehead atoms. The van der Waals surface area contributed by atoms with Crippen LogP contribution in [0.15, 0.2) is 97.2 Å². The number of phosphoric ester groups is 2. The Labute approximate surface area is 403 Å². The van der Waals surface area contributed by atoms with Gasteiger partial charge in [0.2, 0.25) is 0 Å². The molecule has 9 atom stereocenters. The van der Waals surface area contributed by atoms with Gasteiger partial charge in [-0.1, -0.05) is 124 Å². The molecular weight excluding hydrogens is 922 g/mol. The summed E-state index contributed by atoms with van der Waals surface area (Å²) in [4.78, 5) is 54.2. The third-order valence-corrected chi connectivity index (χ3v) is 11.8. The van der Waals surface area contributed by atoms with Crippen molar-refractivity contribution >= 4 is 27.6 Å². The topological polar surface area (TPSA) is 276 Å². The molecule has 0 heterocycles. The highest BCUT2D eigenvalue weighted by Gasteiger charge is 2.54. The molecule has 1 fully saturated rings. The molecular formula is C49H80O17P2. The van der Waals surface area contributed by atoms with Crippen molar-refractivity contribution in [2.75, 3.05) is 13.2 Å². The van der Waals surface area contributed by atoms with Gasteiger partial charge in [0.05, 0.1) is 12.7 Å². The second kappa shape index (κ2) is 38.6. The predicted octanol–water partition coefficient (Wildman–Crippen LogP) is 8.14. The molecule has 0 radical (unpaired) electrons. The third-order valence-electron chi connectivity index (χ3n) is 10.3. The minimum atomic E-state index is -5.38. The van der Waals surface area contributed by atoms with E-state index in [-0.39, 0.29) is 18.9 Å². The summed E-state index contributed by atoms with van der Waals surface area (Å²) >= 11 is 0. The van der Waals surface area contributed by atoms with Crippen LogP contribution in [0.25, 0.3) is 0 Å². The molecule has 68 heavy (non-hydrogen) atoms. The van der Waals surface area contributed by atoms with Gasteiger partial charge in [0, 0.05) is 12.8 Å². The van der Waals surface area contributed by atoms with Gasteiger partial charge in [0.25, 0.3) is 0 Å². The SMILES string of the molecule is CCCCC/C=C\C/C=C\C/C=C\C/C=C\CCCC(=O)O[C@H](COC(=O)CCC/C=C\C/C=C\C/C=C\C/C=C\CC[C@@H](O)CC)COP(=O)(O)O[C@H]1C(O)C(O)C(O)[C@@H](OP(=O)(O)O)C1O. The van der Waals surface area contributed by atoms with Gasteiger partial charge in [0.1, 0.15) is 43.2 Å². The van der Waals surface area contributed by atoms with Crippen molar-refractivity contribution in [3.63, 3.8) is 0 Å². The molecule has 0 aromatic carbocycles. The van der Waals surface area contributed by atoms with E-state index in [1.54, 1.807) is 0 Å². The maximum atomic E-state index is 13.0. The molecule has 0 aliphatic heterocycles. The molecule has 0 amide bonds. The Hall–Kier alpha value is -3.12. The molecule has 388 valence electrons. The van der Waals surface area contributed by atoms with Crippen molar-refractivity contribution < 1.29 is 82.0 Å². The quantitative estimate of drug-likeness (QED) is 0.0125. The fourth-order valence-electron chi connectivity index (χ4n) is 6.40. The summed E-state index contributed by atoms with van der Waals surface area (Å²) < 4.78 is 49.2. The Balaban J connectivity index is 2.68. The monoisotopic (exact) mass is 1000 g/mol.